The molecule has 0 fully saturated rings. The number of hydrogen-bond acceptors (Lipinski definition) is 3. The summed E-state index contributed by atoms with van der Waals surface area (Å²) in [6.07, 6.45) is 12.9. The van der Waals surface area contributed by atoms with Gasteiger partial charge < -0.3 is 4.74 Å². The lowest BCUT2D eigenvalue weighted by atomic mass is 10.0. The van der Waals surface area contributed by atoms with Crippen molar-refractivity contribution < 1.29 is 17.9 Å². The van der Waals surface area contributed by atoms with Crippen molar-refractivity contribution in [1.29, 1.82) is 0 Å². The van der Waals surface area contributed by atoms with Gasteiger partial charge in [-0.2, -0.15) is 0 Å². The van der Waals surface area contributed by atoms with Crippen LogP contribution in [-0.2, 0) is 6.42 Å². The molecule has 31 heavy (non-hydrogen) atoms. The fraction of sp³-hybridized carbons (Fsp3) is 0.600. The quantitative estimate of drug-likeness (QED) is 0.269. The smallest absolute Gasteiger partial charge is 0.170 e. The molecule has 0 N–H and O–H groups in total. The lowest BCUT2D eigenvalue weighted by Crippen LogP contribution is -2.02. The second kappa shape index (κ2) is 14.0. The Morgan fingerprint density at radius 2 is 1.52 bits per heavy atom. The van der Waals surface area contributed by atoms with Crippen LogP contribution >= 0.6 is 0 Å². The van der Waals surface area contributed by atoms with Gasteiger partial charge in [-0.25, -0.2) is 23.1 Å². The molecule has 0 amide bonds. The highest BCUT2D eigenvalue weighted by molar-refractivity contribution is 5.57. The Morgan fingerprint density at radius 1 is 0.871 bits per heavy atom. The van der Waals surface area contributed by atoms with Crippen molar-refractivity contribution in [3.05, 3.63) is 41.7 Å². The number of unbranched alkanes of at least 4 members (excludes halogenated alkanes) is 7. The molecule has 172 valence electrons. The Bertz CT molecular complexity index is 766. The fourth-order valence-corrected chi connectivity index (χ4v) is 3.48. The highest BCUT2D eigenvalue weighted by atomic mass is 19.2. The van der Waals surface area contributed by atoms with Gasteiger partial charge in [-0.05, 0) is 44.2 Å². The molecule has 0 radical (unpaired) electrons. The van der Waals surface area contributed by atoms with Gasteiger partial charge in [0.1, 0.15) is 0 Å². The number of benzene rings is 1. The van der Waals surface area contributed by atoms with Crippen molar-refractivity contribution in [2.45, 2.75) is 90.6 Å². The van der Waals surface area contributed by atoms with Gasteiger partial charge in [0.25, 0.3) is 0 Å². The lowest BCUT2D eigenvalue weighted by Gasteiger charge is -2.09. The number of rotatable bonds is 15. The molecule has 0 saturated heterocycles. The average Bonchev–Trinajstić information content (AvgIpc) is 2.76. The molecule has 1 unspecified atom stereocenters. The van der Waals surface area contributed by atoms with Gasteiger partial charge in [0.15, 0.2) is 23.2 Å². The summed E-state index contributed by atoms with van der Waals surface area (Å²) in [6.45, 7) is 4.27. The summed E-state index contributed by atoms with van der Waals surface area (Å²) in [5, 5.41) is 0. The van der Waals surface area contributed by atoms with Crippen molar-refractivity contribution >= 4 is 0 Å². The summed E-state index contributed by atoms with van der Waals surface area (Å²) >= 11 is 0. The third-order valence-corrected chi connectivity index (χ3v) is 5.35. The minimum absolute atomic E-state index is 0.00901. The van der Waals surface area contributed by atoms with E-state index in [0.29, 0.717) is 31.6 Å². The van der Waals surface area contributed by atoms with Gasteiger partial charge in [-0.1, -0.05) is 57.9 Å². The zero-order valence-corrected chi connectivity index (χ0v) is 18.8. The van der Waals surface area contributed by atoms with E-state index < -0.39 is 17.8 Å². The first-order valence-corrected chi connectivity index (χ1v) is 11.6. The SMILES string of the molecule is CCCCCCCCCCOc1cnc(-c2ccc(CCCC(C)F)c(F)c2F)nc1. The fourth-order valence-electron chi connectivity index (χ4n) is 3.48. The van der Waals surface area contributed by atoms with E-state index in [1.807, 2.05) is 0 Å². The minimum atomic E-state index is -0.974. The summed E-state index contributed by atoms with van der Waals surface area (Å²) in [7, 11) is 0. The van der Waals surface area contributed by atoms with Crippen LogP contribution in [0.4, 0.5) is 13.2 Å². The second-order valence-electron chi connectivity index (χ2n) is 8.14. The van der Waals surface area contributed by atoms with Crippen molar-refractivity contribution in [1.82, 2.24) is 9.97 Å². The van der Waals surface area contributed by atoms with E-state index in [9.17, 15) is 13.2 Å². The maximum Gasteiger partial charge on any atom is 0.170 e. The Balaban J connectivity index is 1.80. The number of ether oxygens (including phenoxy) is 1. The van der Waals surface area contributed by atoms with Crippen LogP contribution in [0.25, 0.3) is 11.4 Å². The van der Waals surface area contributed by atoms with Gasteiger partial charge >= 0.3 is 0 Å². The number of alkyl halides is 1. The maximum atomic E-state index is 14.5. The zero-order valence-electron chi connectivity index (χ0n) is 18.8. The Labute approximate surface area is 184 Å². The third kappa shape index (κ3) is 8.88. The normalized spacial score (nSPS) is 12.2. The number of aromatic nitrogens is 2. The van der Waals surface area contributed by atoms with Crippen molar-refractivity contribution in [3.63, 3.8) is 0 Å². The topological polar surface area (TPSA) is 35.0 Å². The molecule has 0 aliphatic carbocycles. The summed E-state index contributed by atoms with van der Waals surface area (Å²) in [6, 6.07) is 3.00. The number of hydrogen-bond donors (Lipinski definition) is 0. The average molecular weight is 437 g/mol. The van der Waals surface area contributed by atoms with Crippen LogP contribution < -0.4 is 4.74 Å². The molecule has 3 nitrogen and oxygen atoms in total. The van der Waals surface area contributed by atoms with E-state index in [-0.39, 0.29) is 17.0 Å². The number of nitrogens with zero attached hydrogens (tertiary/aromatic N) is 2. The molecule has 1 aromatic heterocycles. The van der Waals surface area contributed by atoms with E-state index in [2.05, 4.69) is 16.9 Å². The van der Waals surface area contributed by atoms with Crippen LogP contribution in [0, 0.1) is 11.6 Å². The van der Waals surface area contributed by atoms with Gasteiger partial charge in [-0.3, -0.25) is 0 Å². The molecule has 2 aromatic rings. The summed E-state index contributed by atoms with van der Waals surface area (Å²) in [5.74, 6) is -1.26. The Kier molecular flexibility index (Phi) is 11.4. The van der Waals surface area contributed by atoms with Crippen LogP contribution in [-0.4, -0.2) is 22.7 Å². The molecule has 0 aliphatic heterocycles. The van der Waals surface area contributed by atoms with Crippen LogP contribution in [0.15, 0.2) is 24.5 Å². The standard InChI is InChI=1S/C25H35F3N2O/c1-3-4-5-6-7-8-9-10-16-31-21-17-29-25(30-18-21)22-15-14-20(23(27)24(22)28)13-11-12-19(2)26/h14-15,17-19H,3-13,16H2,1-2H3. The monoisotopic (exact) mass is 436 g/mol. The number of aryl methyl sites for hydroxylation is 1. The van der Waals surface area contributed by atoms with E-state index >= 15 is 0 Å². The molecule has 1 aromatic carbocycles. The summed E-state index contributed by atoms with van der Waals surface area (Å²) in [5.41, 5.74) is 0.252. The molecule has 1 atom stereocenters. The number of halogens is 3. The zero-order chi connectivity index (χ0) is 22.5. The summed E-state index contributed by atoms with van der Waals surface area (Å²) in [4.78, 5) is 8.26. The molecular weight excluding hydrogens is 401 g/mol. The molecule has 6 heteroatoms. The molecular formula is C25H35F3N2O. The minimum Gasteiger partial charge on any atom is -0.490 e. The van der Waals surface area contributed by atoms with Crippen molar-refractivity contribution in [2.24, 2.45) is 0 Å². The van der Waals surface area contributed by atoms with E-state index in [1.54, 1.807) is 0 Å². The molecule has 0 aliphatic rings. The molecule has 1 heterocycles. The van der Waals surface area contributed by atoms with Crippen LogP contribution in [0.5, 0.6) is 5.75 Å². The lowest BCUT2D eigenvalue weighted by molar-refractivity contribution is 0.302. The van der Waals surface area contributed by atoms with Crippen LogP contribution in [0.3, 0.4) is 0 Å². The Morgan fingerprint density at radius 3 is 2.16 bits per heavy atom. The third-order valence-electron chi connectivity index (χ3n) is 5.35. The van der Waals surface area contributed by atoms with Crippen LogP contribution in [0.1, 0.15) is 83.6 Å². The Hall–Kier alpha value is -2.11. The van der Waals surface area contributed by atoms with Gasteiger partial charge in [0.05, 0.1) is 30.7 Å². The van der Waals surface area contributed by atoms with Gasteiger partial charge in [0.2, 0.25) is 0 Å². The molecule has 0 saturated carbocycles. The predicted octanol–water partition coefficient (Wildman–Crippen LogP) is 7.62. The van der Waals surface area contributed by atoms with E-state index in [1.165, 1.54) is 70.0 Å². The van der Waals surface area contributed by atoms with E-state index in [0.717, 1.165) is 12.8 Å². The predicted molar refractivity (Wildman–Crippen MR) is 119 cm³/mol. The first kappa shape index (κ1) is 25.2. The highest BCUT2D eigenvalue weighted by Gasteiger charge is 2.16. The first-order chi connectivity index (χ1) is 15.0. The highest BCUT2D eigenvalue weighted by Crippen LogP contribution is 2.25. The van der Waals surface area contributed by atoms with Gasteiger partial charge in [0, 0.05) is 0 Å². The molecule has 2 rings (SSSR count). The van der Waals surface area contributed by atoms with Gasteiger partial charge in [-0.15, -0.1) is 0 Å². The van der Waals surface area contributed by atoms with E-state index in [4.69, 9.17) is 4.74 Å². The molecule has 0 bridgehead atoms. The molecule has 0 spiro atoms. The maximum absolute atomic E-state index is 14.5. The first-order valence-electron chi connectivity index (χ1n) is 11.6. The largest absolute Gasteiger partial charge is 0.490 e. The van der Waals surface area contributed by atoms with Crippen molar-refractivity contribution in [2.75, 3.05) is 6.61 Å². The van der Waals surface area contributed by atoms with Crippen LogP contribution in [0.2, 0.25) is 0 Å². The van der Waals surface area contributed by atoms with Crippen molar-refractivity contribution in [3.8, 4) is 17.1 Å². The second-order valence-corrected chi connectivity index (χ2v) is 8.14. The summed E-state index contributed by atoms with van der Waals surface area (Å²) < 4.78 is 47.4.